The highest BCUT2D eigenvalue weighted by Crippen LogP contribution is 2.31. The Bertz CT molecular complexity index is 1100. The van der Waals surface area contributed by atoms with Crippen molar-refractivity contribution in [2.24, 2.45) is 0 Å². The zero-order valence-corrected chi connectivity index (χ0v) is 16.0. The minimum absolute atomic E-state index is 0.107. The fraction of sp³-hybridized carbons (Fsp3) is 0.176. The summed E-state index contributed by atoms with van der Waals surface area (Å²) >= 11 is 7.58. The molecule has 5 nitrogen and oxygen atoms in total. The predicted octanol–water partition coefficient (Wildman–Crippen LogP) is 4.47. The Morgan fingerprint density at radius 3 is 2.81 bits per heavy atom. The molecule has 0 bridgehead atoms. The summed E-state index contributed by atoms with van der Waals surface area (Å²) in [6, 6.07) is 6.87. The maximum absolute atomic E-state index is 14.0. The van der Waals surface area contributed by atoms with Gasteiger partial charge in [0, 0.05) is 11.1 Å². The summed E-state index contributed by atoms with van der Waals surface area (Å²) in [5.41, 5.74) is 2.47. The zero-order valence-electron chi connectivity index (χ0n) is 13.6. The van der Waals surface area contributed by atoms with Gasteiger partial charge in [-0.3, -0.25) is 9.52 Å². The van der Waals surface area contributed by atoms with Crippen molar-refractivity contribution in [3.63, 3.8) is 0 Å². The summed E-state index contributed by atoms with van der Waals surface area (Å²) in [5, 5.41) is -0.138. The summed E-state index contributed by atoms with van der Waals surface area (Å²) in [7, 11) is -3.67. The molecule has 2 aromatic carbocycles. The van der Waals surface area contributed by atoms with Crippen LogP contribution in [-0.2, 0) is 10.0 Å². The minimum atomic E-state index is -3.67. The number of ketones is 1. The number of sulfonamides is 1. The summed E-state index contributed by atoms with van der Waals surface area (Å²) in [4.78, 5) is 16.9. The molecule has 1 N–H and O–H groups in total. The third kappa shape index (κ3) is 3.87. The van der Waals surface area contributed by atoms with Crippen LogP contribution < -0.4 is 4.72 Å². The van der Waals surface area contributed by atoms with Crippen molar-refractivity contribution in [2.45, 2.75) is 13.3 Å². The largest absolute Gasteiger partial charge is 0.289 e. The van der Waals surface area contributed by atoms with E-state index in [1.165, 1.54) is 11.3 Å². The fourth-order valence-electron chi connectivity index (χ4n) is 2.47. The van der Waals surface area contributed by atoms with E-state index in [-0.39, 0.29) is 22.0 Å². The van der Waals surface area contributed by atoms with Gasteiger partial charge in [-0.1, -0.05) is 18.5 Å². The molecule has 1 aromatic heterocycles. The molecular formula is C17H14ClFN2O3S2. The molecule has 0 saturated heterocycles. The van der Waals surface area contributed by atoms with E-state index in [2.05, 4.69) is 9.71 Å². The number of hydrogen-bond donors (Lipinski definition) is 1. The molecule has 26 heavy (non-hydrogen) atoms. The van der Waals surface area contributed by atoms with Crippen molar-refractivity contribution >= 4 is 54.6 Å². The lowest BCUT2D eigenvalue weighted by Crippen LogP contribution is -2.17. The Hall–Kier alpha value is -2.03. The van der Waals surface area contributed by atoms with Crippen molar-refractivity contribution in [2.75, 3.05) is 10.5 Å². The number of aromatic nitrogens is 1. The predicted molar refractivity (Wildman–Crippen MR) is 102 cm³/mol. The SMILES string of the molecule is CCCS(=O)(=O)Nc1cc(F)cc(C(=O)c2ccc3ncsc3c2)c1Cl. The molecule has 0 aliphatic heterocycles. The summed E-state index contributed by atoms with van der Waals surface area (Å²) in [5.74, 6) is -1.39. The molecule has 0 atom stereocenters. The topological polar surface area (TPSA) is 76.1 Å². The van der Waals surface area contributed by atoms with E-state index in [4.69, 9.17) is 11.6 Å². The number of halogens is 2. The van der Waals surface area contributed by atoms with Crippen LogP contribution in [0, 0.1) is 5.82 Å². The van der Waals surface area contributed by atoms with Gasteiger partial charge in [0.25, 0.3) is 0 Å². The molecule has 136 valence electrons. The van der Waals surface area contributed by atoms with Crippen molar-refractivity contribution < 1.29 is 17.6 Å². The molecular weight excluding hydrogens is 399 g/mol. The Kier molecular flexibility index (Phi) is 5.27. The highest BCUT2D eigenvalue weighted by Gasteiger charge is 2.20. The van der Waals surface area contributed by atoms with Crippen LogP contribution in [0.3, 0.4) is 0 Å². The number of nitrogens with zero attached hydrogens (tertiary/aromatic N) is 1. The van der Waals surface area contributed by atoms with Gasteiger partial charge in [0.1, 0.15) is 5.82 Å². The molecule has 3 aromatic rings. The molecule has 0 amide bonds. The van der Waals surface area contributed by atoms with Gasteiger partial charge in [0.15, 0.2) is 5.78 Å². The van der Waals surface area contributed by atoms with Crippen LogP contribution in [0.2, 0.25) is 5.02 Å². The minimum Gasteiger partial charge on any atom is -0.289 e. The van der Waals surface area contributed by atoms with Crippen LogP contribution in [0.15, 0.2) is 35.8 Å². The number of nitrogens with one attached hydrogen (secondary N) is 1. The van der Waals surface area contributed by atoms with Gasteiger partial charge in [-0.15, -0.1) is 11.3 Å². The first kappa shape index (κ1) is 18.8. The van der Waals surface area contributed by atoms with Gasteiger partial charge < -0.3 is 0 Å². The highest BCUT2D eigenvalue weighted by molar-refractivity contribution is 7.92. The average molecular weight is 413 g/mol. The lowest BCUT2D eigenvalue weighted by atomic mass is 10.0. The monoisotopic (exact) mass is 412 g/mol. The van der Waals surface area contributed by atoms with Crippen LogP contribution in [0.4, 0.5) is 10.1 Å². The van der Waals surface area contributed by atoms with Gasteiger partial charge in [-0.05, 0) is 36.8 Å². The Morgan fingerprint density at radius 1 is 1.31 bits per heavy atom. The number of benzene rings is 2. The zero-order chi connectivity index (χ0) is 18.9. The number of fused-ring (bicyclic) bond motifs is 1. The third-order valence-corrected chi connectivity index (χ3v) is 6.29. The van der Waals surface area contributed by atoms with E-state index >= 15 is 0 Å². The number of anilines is 1. The molecule has 0 spiro atoms. The second-order valence-corrected chi connectivity index (χ2v) is 8.71. The van der Waals surface area contributed by atoms with Gasteiger partial charge in [-0.2, -0.15) is 0 Å². The smallest absolute Gasteiger partial charge is 0.232 e. The van der Waals surface area contributed by atoms with Gasteiger partial charge in [-0.25, -0.2) is 17.8 Å². The second kappa shape index (κ2) is 7.30. The second-order valence-electron chi connectivity index (χ2n) is 5.60. The molecule has 0 aliphatic rings. The Labute approximate surface area is 158 Å². The molecule has 1 heterocycles. The number of hydrogen-bond acceptors (Lipinski definition) is 5. The maximum atomic E-state index is 14.0. The average Bonchev–Trinajstić information content (AvgIpc) is 3.04. The van der Waals surface area contributed by atoms with E-state index in [9.17, 15) is 17.6 Å². The number of carbonyl (C=O) groups excluding carboxylic acids is 1. The van der Waals surface area contributed by atoms with Crippen LogP contribution >= 0.6 is 22.9 Å². The normalized spacial score (nSPS) is 11.7. The molecule has 0 radical (unpaired) electrons. The van der Waals surface area contributed by atoms with E-state index in [0.717, 1.165) is 22.3 Å². The van der Waals surface area contributed by atoms with Crippen molar-refractivity contribution in [1.82, 2.24) is 4.98 Å². The van der Waals surface area contributed by atoms with Crippen molar-refractivity contribution in [3.8, 4) is 0 Å². The van der Waals surface area contributed by atoms with E-state index in [1.807, 2.05) is 0 Å². The third-order valence-electron chi connectivity index (χ3n) is 3.61. The van der Waals surface area contributed by atoms with E-state index < -0.39 is 21.6 Å². The lowest BCUT2D eigenvalue weighted by Gasteiger charge is -2.12. The lowest BCUT2D eigenvalue weighted by molar-refractivity contribution is 0.103. The first-order chi connectivity index (χ1) is 12.3. The van der Waals surface area contributed by atoms with Gasteiger partial charge in [0.05, 0.1) is 32.2 Å². The summed E-state index contributed by atoms with van der Waals surface area (Å²) < 4.78 is 40.9. The van der Waals surface area contributed by atoms with Crippen LogP contribution in [0.5, 0.6) is 0 Å². The molecule has 3 rings (SSSR count). The van der Waals surface area contributed by atoms with Crippen LogP contribution in [0.25, 0.3) is 10.2 Å². The summed E-state index contributed by atoms with van der Waals surface area (Å²) in [6.07, 6.45) is 0.392. The number of carbonyl (C=O) groups is 1. The fourth-order valence-corrected chi connectivity index (χ4v) is 4.62. The molecule has 9 heteroatoms. The van der Waals surface area contributed by atoms with Gasteiger partial charge in [0.2, 0.25) is 10.0 Å². The van der Waals surface area contributed by atoms with Crippen molar-refractivity contribution in [3.05, 3.63) is 57.8 Å². The maximum Gasteiger partial charge on any atom is 0.232 e. The van der Waals surface area contributed by atoms with Crippen LogP contribution in [-0.4, -0.2) is 24.9 Å². The standard InChI is InChI=1S/C17H14ClFN2O3S2/c1-2-5-26(23,24)21-14-8-11(19)7-12(16(14)18)17(22)10-3-4-13-15(6-10)25-9-20-13/h3-4,6-9,21H,2,5H2,1H3. The molecule has 0 saturated carbocycles. The van der Waals surface area contributed by atoms with Crippen molar-refractivity contribution in [1.29, 1.82) is 0 Å². The molecule has 0 aliphatic carbocycles. The first-order valence-corrected chi connectivity index (χ1v) is 10.6. The Morgan fingerprint density at radius 2 is 2.08 bits per heavy atom. The van der Waals surface area contributed by atoms with E-state index in [0.29, 0.717) is 12.0 Å². The number of rotatable bonds is 6. The highest BCUT2D eigenvalue weighted by atomic mass is 35.5. The quantitative estimate of drug-likeness (QED) is 0.606. The molecule has 0 unspecified atom stereocenters. The first-order valence-electron chi connectivity index (χ1n) is 7.68. The van der Waals surface area contributed by atoms with Crippen LogP contribution in [0.1, 0.15) is 29.3 Å². The molecule has 0 fully saturated rings. The Balaban J connectivity index is 2.02. The summed E-state index contributed by atoms with van der Waals surface area (Å²) in [6.45, 7) is 1.71. The van der Waals surface area contributed by atoms with Gasteiger partial charge >= 0.3 is 0 Å². The number of thiazole rings is 1. The van der Waals surface area contributed by atoms with E-state index in [1.54, 1.807) is 30.6 Å².